The monoisotopic (exact) mass is 430 g/mol. The van der Waals surface area contributed by atoms with Crippen LogP contribution in [0, 0.1) is 11.7 Å². The van der Waals surface area contributed by atoms with E-state index in [9.17, 15) is 9.18 Å². The first-order valence-corrected chi connectivity index (χ1v) is 10.8. The molecule has 0 aliphatic heterocycles. The van der Waals surface area contributed by atoms with Crippen LogP contribution in [0.3, 0.4) is 0 Å². The summed E-state index contributed by atoms with van der Waals surface area (Å²) in [5.41, 5.74) is 8.75. The van der Waals surface area contributed by atoms with Gasteiger partial charge in [0.15, 0.2) is 0 Å². The number of nitrogens with zero attached hydrogens (tertiary/aromatic N) is 1. The number of fused-ring (bicyclic) bond motifs is 1. The molecule has 0 fully saturated rings. The van der Waals surface area contributed by atoms with Gasteiger partial charge in [-0.3, -0.25) is 4.79 Å². The molecule has 0 spiro atoms. The van der Waals surface area contributed by atoms with Crippen molar-refractivity contribution in [2.75, 3.05) is 0 Å². The van der Waals surface area contributed by atoms with Gasteiger partial charge >= 0.3 is 0 Å². The lowest BCUT2D eigenvalue weighted by Gasteiger charge is -2.21. The molecule has 3 aromatic carbocycles. The van der Waals surface area contributed by atoms with Crippen LogP contribution in [0.2, 0.25) is 0 Å². The Kier molecular flexibility index (Phi) is 6.37. The van der Waals surface area contributed by atoms with Crippen molar-refractivity contribution in [3.63, 3.8) is 0 Å². The third kappa shape index (κ3) is 4.30. The van der Waals surface area contributed by atoms with Crippen LogP contribution in [0.1, 0.15) is 25.1 Å². The molecule has 4 aromatic rings. The fraction of sp³-hybridized carbons (Fsp3) is 0.222. The largest absolute Gasteiger partial charge is 0.489 e. The number of aromatic nitrogens is 1. The molecule has 0 unspecified atom stereocenters. The van der Waals surface area contributed by atoms with Gasteiger partial charge in [-0.2, -0.15) is 0 Å². The molecule has 2 N–H and O–H groups in total. The fourth-order valence-corrected chi connectivity index (χ4v) is 4.04. The van der Waals surface area contributed by atoms with Gasteiger partial charge in [-0.25, -0.2) is 4.39 Å². The van der Waals surface area contributed by atoms with Crippen LogP contribution in [-0.4, -0.2) is 4.57 Å². The van der Waals surface area contributed by atoms with E-state index in [1.54, 1.807) is 34.9 Å². The van der Waals surface area contributed by atoms with Crippen LogP contribution < -0.4 is 16.0 Å². The number of halogens is 1. The summed E-state index contributed by atoms with van der Waals surface area (Å²) in [6.45, 7) is 5.11. The molecule has 1 aromatic heterocycles. The maximum Gasteiger partial charge on any atom is 0.258 e. The highest BCUT2D eigenvalue weighted by atomic mass is 19.1. The molecule has 32 heavy (non-hydrogen) atoms. The lowest BCUT2D eigenvalue weighted by molar-refractivity contribution is 0.306. The summed E-state index contributed by atoms with van der Waals surface area (Å²) in [4.78, 5) is 13.4. The van der Waals surface area contributed by atoms with Crippen LogP contribution in [0.5, 0.6) is 5.75 Å². The normalized spacial score (nSPS) is 11.3. The Morgan fingerprint density at radius 1 is 0.969 bits per heavy atom. The van der Waals surface area contributed by atoms with E-state index in [0.29, 0.717) is 46.5 Å². The van der Waals surface area contributed by atoms with Crippen LogP contribution in [0.15, 0.2) is 77.6 Å². The fourth-order valence-electron chi connectivity index (χ4n) is 4.04. The summed E-state index contributed by atoms with van der Waals surface area (Å²) in [6, 6.07) is 21.8. The second kappa shape index (κ2) is 9.37. The summed E-state index contributed by atoms with van der Waals surface area (Å²) in [5, 5.41) is 1.17. The topological polar surface area (TPSA) is 57.2 Å². The number of nitrogens with two attached hydrogens (primary N) is 1. The highest BCUT2D eigenvalue weighted by Gasteiger charge is 2.20. The van der Waals surface area contributed by atoms with Crippen molar-refractivity contribution >= 4 is 10.8 Å². The van der Waals surface area contributed by atoms with Gasteiger partial charge < -0.3 is 15.0 Å². The van der Waals surface area contributed by atoms with E-state index in [1.807, 2.05) is 50.2 Å². The van der Waals surface area contributed by atoms with Gasteiger partial charge in [-0.15, -0.1) is 0 Å². The quantitative estimate of drug-likeness (QED) is 0.421. The van der Waals surface area contributed by atoms with Crippen molar-refractivity contribution in [2.45, 2.75) is 33.5 Å². The zero-order chi connectivity index (χ0) is 22.7. The molecule has 0 saturated carbocycles. The summed E-state index contributed by atoms with van der Waals surface area (Å²) in [6.07, 6.45) is 0. The van der Waals surface area contributed by atoms with E-state index in [4.69, 9.17) is 10.5 Å². The highest BCUT2D eigenvalue weighted by molar-refractivity contribution is 5.98. The Morgan fingerprint density at radius 3 is 2.38 bits per heavy atom. The maximum absolute atomic E-state index is 14.9. The van der Waals surface area contributed by atoms with Crippen LogP contribution in [0.25, 0.3) is 21.9 Å². The predicted octanol–water partition coefficient (Wildman–Crippen LogP) is 5.50. The number of pyridine rings is 1. The lowest BCUT2D eigenvalue weighted by atomic mass is 9.95. The Hall–Kier alpha value is -3.44. The van der Waals surface area contributed by atoms with Crippen molar-refractivity contribution in [3.8, 4) is 16.9 Å². The smallest absolute Gasteiger partial charge is 0.258 e. The third-order valence-electron chi connectivity index (χ3n) is 5.48. The molecule has 164 valence electrons. The van der Waals surface area contributed by atoms with Gasteiger partial charge in [0.25, 0.3) is 5.56 Å². The minimum absolute atomic E-state index is 0.121. The van der Waals surface area contributed by atoms with Gasteiger partial charge in [-0.1, -0.05) is 62.4 Å². The summed E-state index contributed by atoms with van der Waals surface area (Å²) >= 11 is 0. The molecule has 4 rings (SSSR count). The molecule has 0 saturated heterocycles. The van der Waals surface area contributed by atoms with Gasteiger partial charge in [0.2, 0.25) is 0 Å². The summed E-state index contributed by atoms with van der Waals surface area (Å²) < 4.78 is 22.6. The van der Waals surface area contributed by atoms with Gasteiger partial charge in [0, 0.05) is 40.7 Å². The SMILES string of the molecule is CC(C)Cn1c(CN)c(-c2ccccc2F)c2cc(OCc3ccccc3)ccc2c1=O. The molecule has 1 heterocycles. The number of hydrogen-bond donors (Lipinski definition) is 1. The second-order valence-electron chi connectivity index (χ2n) is 8.30. The van der Waals surface area contributed by atoms with Crippen molar-refractivity contribution < 1.29 is 9.13 Å². The first-order valence-electron chi connectivity index (χ1n) is 10.8. The highest BCUT2D eigenvalue weighted by Crippen LogP contribution is 2.34. The standard InChI is InChI=1S/C27H27FN2O2/c1-18(2)16-30-25(15-29)26(22-10-6-7-11-24(22)28)23-14-20(12-13-21(23)27(30)31)32-17-19-8-4-3-5-9-19/h3-14,18H,15-17,29H2,1-2H3. The van der Waals surface area contributed by atoms with Gasteiger partial charge in [-0.05, 0) is 35.7 Å². The van der Waals surface area contributed by atoms with E-state index in [2.05, 4.69) is 0 Å². The molecule has 0 radical (unpaired) electrons. The second-order valence-corrected chi connectivity index (χ2v) is 8.30. The molecular formula is C27H27FN2O2. The molecule has 4 nitrogen and oxygen atoms in total. The Labute approximate surface area is 187 Å². The van der Waals surface area contributed by atoms with Gasteiger partial charge in [0.05, 0.1) is 0 Å². The van der Waals surface area contributed by atoms with Crippen molar-refractivity contribution in [2.24, 2.45) is 11.7 Å². The lowest BCUT2D eigenvalue weighted by Crippen LogP contribution is -2.28. The number of ether oxygens (including phenoxy) is 1. The number of rotatable bonds is 7. The molecule has 0 bridgehead atoms. The first-order chi connectivity index (χ1) is 15.5. The molecule has 0 atom stereocenters. The van der Waals surface area contributed by atoms with Gasteiger partial charge in [0.1, 0.15) is 18.2 Å². The molecule has 0 aliphatic rings. The van der Waals surface area contributed by atoms with Crippen molar-refractivity contribution in [3.05, 3.63) is 100 Å². The summed E-state index contributed by atoms with van der Waals surface area (Å²) in [7, 11) is 0. The van der Waals surface area contributed by atoms with E-state index in [1.165, 1.54) is 6.07 Å². The van der Waals surface area contributed by atoms with E-state index in [0.717, 1.165) is 5.56 Å². The van der Waals surface area contributed by atoms with Crippen molar-refractivity contribution in [1.29, 1.82) is 0 Å². The molecule has 5 heteroatoms. The van der Waals surface area contributed by atoms with Crippen molar-refractivity contribution in [1.82, 2.24) is 4.57 Å². The number of benzene rings is 3. The molecule has 0 aliphatic carbocycles. The zero-order valence-electron chi connectivity index (χ0n) is 18.3. The average molecular weight is 431 g/mol. The maximum atomic E-state index is 14.9. The minimum Gasteiger partial charge on any atom is -0.489 e. The summed E-state index contributed by atoms with van der Waals surface area (Å²) in [5.74, 6) is 0.495. The van der Waals surface area contributed by atoms with E-state index >= 15 is 0 Å². The van der Waals surface area contributed by atoms with Crippen LogP contribution >= 0.6 is 0 Å². The van der Waals surface area contributed by atoms with E-state index < -0.39 is 0 Å². The Morgan fingerprint density at radius 2 is 1.69 bits per heavy atom. The first kappa shape index (κ1) is 21.8. The molecular weight excluding hydrogens is 403 g/mol. The van der Waals surface area contributed by atoms with Crippen LogP contribution in [0.4, 0.5) is 4.39 Å². The average Bonchev–Trinajstić information content (AvgIpc) is 2.80. The Bertz CT molecular complexity index is 1300. The Balaban J connectivity index is 1.93. The van der Waals surface area contributed by atoms with Crippen LogP contribution in [-0.2, 0) is 19.7 Å². The number of hydrogen-bond acceptors (Lipinski definition) is 3. The molecule has 0 amide bonds. The third-order valence-corrected chi connectivity index (χ3v) is 5.48. The predicted molar refractivity (Wildman–Crippen MR) is 127 cm³/mol. The zero-order valence-corrected chi connectivity index (χ0v) is 18.3. The minimum atomic E-state index is -0.353. The van der Waals surface area contributed by atoms with E-state index in [-0.39, 0.29) is 23.8 Å².